The van der Waals surface area contributed by atoms with E-state index in [1.54, 1.807) is 0 Å². The number of hydrogen-bond acceptors (Lipinski definition) is 8. The molecule has 9 heteroatoms. The van der Waals surface area contributed by atoms with Gasteiger partial charge in [0, 0.05) is 50.2 Å². The zero-order valence-electron chi connectivity index (χ0n) is 26.3. The van der Waals surface area contributed by atoms with Crippen LogP contribution in [0.1, 0.15) is 71.1 Å². The van der Waals surface area contributed by atoms with E-state index in [9.17, 15) is 10.1 Å². The molecule has 1 spiro atoms. The molecular formula is C33H55N7O2. The lowest BCUT2D eigenvalue weighted by molar-refractivity contribution is -0.140. The van der Waals surface area contributed by atoms with Crippen molar-refractivity contribution in [3.05, 3.63) is 12.7 Å². The lowest BCUT2D eigenvalue weighted by Gasteiger charge is -2.59. The van der Waals surface area contributed by atoms with Gasteiger partial charge in [-0.1, -0.05) is 19.9 Å². The van der Waals surface area contributed by atoms with Crippen molar-refractivity contribution < 1.29 is 9.53 Å². The number of fused-ring (bicyclic) bond motifs is 2. The number of likely N-dealkylation sites (tertiary alicyclic amines) is 2. The monoisotopic (exact) mass is 581 g/mol. The van der Waals surface area contributed by atoms with Gasteiger partial charge in [0.1, 0.15) is 0 Å². The maximum absolute atomic E-state index is 12.6. The summed E-state index contributed by atoms with van der Waals surface area (Å²) in [6, 6.07) is 3.85. The summed E-state index contributed by atoms with van der Waals surface area (Å²) in [7, 11) is 4.61. The number of rotatable bonds is 6. The molecule has 42 heavy (non-hydrogen) atoms. The van der Waals surface area contributed by atoms with E-state index in [4.69, 9.17) is 4.74 Å². The van der Waals surface area contributed by atoms with E-state index < -0.39 is 0 Å². The predicted octanol–water partition coefficient (Wildman–Crippen LogP) is 2.81. The van der Waals surface area contributed by atoms with E-state index in [1.165, 1.54) is 70.4 Å². The molecule has 0 aromatic carbocycles. The minimum atomic E-state index is -0.188. The molecule has 2 aliphatic carbocycles. The Morgan fingerprint density at radius 2 is 1.93 bits per heavy atom. The molecule has 6 rings (SSSR count). The Balaban J connectivity index is 1.20. The predicted molar refractivity (Wildman–Crippen MR) is 164 cm³/mol. The van der Waals surface area contributed by atoms with Crippen molar-refractivity contribution in [2.45, 2.75) is 108 Å². The van der Waals surface area contributed by atoms with Crippen molar-refractivity contribution in [2.24, 2.45) is 23.2 Å². The quantitative estimate of drug-likeness (QED) is 0.464. The van der Waals surface area contributed by atoms with Crippen molar-refractivity contribution in [1.29, 1.82) is 5.26 Å². The number of likely N-dealkylation sites (N-methyl/N-ethyl adjacent to an activating group) is 1. The largest absolute Gasteiger partial charge is 0.348 e. The molecule has 6 fully saturated rings. The number of nitrogens with one attached hydrogen (secondary N) is 2. The molecule has 4 heterocycles. The number of carbonyl (C=O) groups excluding carboxylic acids is 1. The molecule has 2 saturated carbocycles. The molecule has 6 aliphatic rings. The number of amides is 1. The van der Waals surface area contributed by atoms with Gasteiger partial charge < -0.3 is 19.4 Å². The maximum atomic E-state index is 12.6. The minimum absolute atomic E-state index is 0.0655. The molecule has 1 amide bonds. The van der Waals surface area contributed by atoms with Gasteiger partial charge in [-0.2, -0.15) is 5.26 Å². The van der Waals surface area contributed by atoms with Gasteiger partial charge in [-0.3, -0.25) is 20.3 Å². The first-order chi connectivity index (χ1) is 20.3. The van der Waals surface area contributed by atoms with Gasteiger partial charge in [-0.25, -0.2) is 0 Å². The summed E-state index contributed by atoms with van der Waals surface area (Å²) < 4.78 is 6.62. The average molecular weight is 582 g/mol. The van der Waals surface area contributed by atoms with Gasteiger partial charge in [0.15, 0.2) is 6.35 Å². The highest BCUT2D eigenvalue weighted by Crippen LogP contribution is 2.52. The number of nitrogens with zero attached hydrogens (tertiary/aromatic N) is 5. The highest BCUT2D eigenvalue weighted by atomic mass is 16.5. The Labute approximate surface area is 253 Å². The number of piperazine rings is 1. The van der Waals surface area contributed by atoms with Crippen LogP contribution in [0.5, 0.6) is 0 Å². The Morgan fingerprint density at radius 3 is 2.69 bits per heavy atom. The molecule has 9 unspecified atom stereocenters. The second-order valence-corrected chi connectivity index (χ2v) is 14.8. The highest BCUT2D eigenvalue weighted by molar-refractivity contribution is 5.87. The Kier molecular flexibility index (Phi) is 9.31. The summed E-state index contributed by atoms with van der Waals surface area (Å²) in [6.45, 7) is 11.4. The summed E-state index contributed by atoms with van der Waals surface area (Å²) in [5, 5.41) is 17.5. The van der Waals surface area contributed by atoms with Crippen LogP contribution in [0, 0.1) is 34.5 Å². The molecule has 2 N–H and O–H groups in total. The van der Waals surface area contributed by atoms with E-state index in [1.807, 2.05) is 4.90 Å². The average Bonchev–Trinajstić information content (AvgIpc) is 3.39. The third kappa shape index (κ3) is 6.05. The van der Waals surface area contributed by atoms with Crippen LogP contribution in [0.15, 0.2) is 12.7 Å². The molecule has 0 bridgehead atoms. The van der Waals surface area contributed by atoms with Crippen LogP contribution in [0.3, 0.4) is 0 Å². The lowest BCUT2D eigenvalue weighted by Crippen LogP contribution is -2.73. The SMILES string of the molecule is C=CC(=O)N1CCN(C2NC(OCC3CCCN3C)NC3C[C@@]4(CCC32)CC2CCCC(C)C2N(C)C4)CC1CC#N. The van der Waals surface area contributed by atoms with Crippen LogP contribution >= 0.6 is 0 Å². The van der Waals surface area contributed by atoms with Gasteiger partial charge in [0.05, 0.1) is 31.3 Å². The van der Waals surface area contributed by atoms with Crippen LogP contribution in [-0.4, -0.2) is 116 Å². The Hall–Kier alpha value is -1.54. The van der Waals surface area contributed by atoms with Crippen LogP contribution in [0.4, 0.5) is 0 Å². The molecule has 234 valence electrons. The molecule has 0 radical (unpaired) electrons. The second kappa shape index (κ2) is 12.8. The van der Waals surface area contributed by atoms with Crippen molar-refractivity contribution in [3.63, 3.8) is 0 Å². The second-order valence-electron chi connectivity index (χ2n) is 14.8. The Bertz CT molecular complexity index is 1020. The highest BCUT2D eigenvalue weighted by Gasteiger charge is 2.53. The van der Waals surface area contributed by atoms with E-state index in [0.29, 0.717) is 42.9 Å². The number of nitriles is 1. The van der Waals surface area contributed by atoms with E-state index in [-0.39, 0.29) is 24.5 Å². The van der Waals surface area contributed by atoms with E-state index in [2.05, 4.69) is 59.0 Å². The van der Waals surface area contributed by atoms with E-state index >= 15 is 0 Å². The zero-order chi connectivity index (χ0) is 29.4. The molecular weight excluding hydrogens is 526 g/mol. The first-order valence-electron chi connectivity index (χ1n) is 16.9. The smallest absolute Gasteiger partial charge is 0.246 e. The summed E-state index contributed by atoms with van der Waals surface area (Å²) >= 11 is 0. The van der Waals surface area contributed by atoms with Gasteiger partial charge >= 0.3 is 0 Å². The van der Waals surface area contributed by atoms with Crippen LogP contribution in [0.2, 0.25) is 0 Å². The summed E-state index contributed by atoms with van der Waals surface area (Å²) in [5.41, 5.74) is 0.373. The molecule has 0 aromatic rings. The van der Waals surface area contributed by atoms with Crippen molar-refractivity contribution in [3.8, 4) is 6.07 Å². The van der Waals surface area contributed by atoms with Gasteiger partial charge in [-0.05, 0) is 95.3 Å². The number of hydrogen-bond donors (Lipinski definition) is 2. The van der Waals surface area contributed by atoms with Gasteiger partial charge in [0.25, 0.3) is 0 Å². The lowest BCUT2D eigenvalue weighted by atomic mass is 9.58. The zero-order valence-corrected chi connectivity index (χ0v) is 26.3. The number of ether oxygens (including phenoxy) is 1. The Morgan fingerprint density at radius 1 is 1.07 bits per heavy atom. The summed E-state index contributed by atoms with van der Waals surface area (Å²) in [6.07, 6.45) is 13.4. The molecule has 4 aliphatic heterocycles. The van der Waals surface area contributed by atoms with Crippen LogP contribution in [0.25, 0.3) is 0 Å². The molecule has 4 saturated heterocycles. The fraction of sp³-hybridized carbons (Fsp3) is 0.879. The molecule has 10 atom stereocenters. The van der Waals surface area contributed by atoms with Gasteiger partial charge in [0.2, 0.25) is 5.91 Å². The first-order valence-corrected chi connectivity index (χ1v) is 16.9. The number of carbonyl (C=O) groups is 1. The van der Waals surface area contributed by atoms with Crippen molar-refractivity contribution in [2.75, 3.05) is 53.4 Å². The van der Waals surface area contributed by atoms with Crippen LogP contribution < -0.4 is 10.6 Å². The topological polar surface area (TPSA) is 87.1 Å². The summed E-state index contributed by atoms with van der Waals surface area (Å²) in [5.74, 6) is 2.05. The number of piperidine rings is 1. The minimum Gasteiger partial charge on any atom is -0.348 e. The third-order valence-electron chi connectivity index (χ3n) is 12.2. The van der Waals surface area contributed by atoms with Crippen LogP contribution in [-0.2, 0) is 9.53 Å². The third-order valence-corrected chi connectivity index (χ3v) is 12.2. The summed E-state index contributed by atoms with van der Waals surface area (Å²) in [4.78, 5) is 22.1. The fourth-order valence-electron chi connectivity index (χ4n) is 10.3. The maximum Gasteiger partial charge on any atom is 0.246 e. The molecule has 9 nitrogen and oxygen atoms in total. The van der Waals surface area contributed by atoms with Crippen molar-refractivity contribution in [1.82, 2.24) is 30.2 Å². The normalized spacial score (nSPS) is 43.5. The molecule has 0 aromatic heterocycles. The fourth-order valence-corrected chi connectivity index (χ4v) is 10.3. The van der Waals surface area contributed by atoms with Gasteiger partial charge in [-0.15, -0.1) is 0 Å². The van der Waals surface area contributed by atoms with Crippen molar-refractivity contribution >= 4 is 5.91 Å². The standard InChI is InChI=1S/C33H55N7O2/c1-5-29(41)40-17-16-39(20-25(40)12-14-34)31-27-11-13-33(18-24-9-6-8-23(2)30(24)38(4)22-33)19-28(27)35-32(36-31)42-21-26-10-7-15-37(26)3/h5,23-28,30-32,35-36H,1,6-13,15-22H2,2-4H3/t23?,24?,25?,26?,27?,28?,30?,31?,32?,33-/m1/s1. The first kappa shape index (κ1) is 30.5. The van der Waals surface area contributed by atoms with E-state index in [0.717, 1.165) is 37.6 Å².